The molecule has 0 bridgehead atoms. The fraction of sp³-hybridized carbons (Fsp3) is 0.278. The summed E-state index contributed by atoms with van der Waals surface area (Å²) in [6, 6.07) is 13.3. The Morgan fingerprint density at radius 2 is 1.54 bits per heavy atom. The Bertz CT molecular complexity index is 874. The van der Waals surface area contributed by atoms with E-state index in [-0.39, 0.29) is 10.9 Å². The first-order valence-electron chi connectivity index (χ1n) is 8.11. The van der Waals surface area contributed by atoms with Crippen LogP contribution < -0.4 is 4.90 Å². The van der Waals surface area contributed by atoms with Gasteiger partial charge in [0.2, 0.25) is 10.0 Å². The van der Waals surface area contributed by atoms with Crippen molar-refractivity contribution in [1.29, 1.82) is 0 Å². The highest BCUT2D eigenvalue weighted by Crippen LogP contribution is 2.22. The Morgan fingerprint density at radius 1 is 0.962 bits per heavy atom. The number of methoxy groups -OCH3 is 1. The van der Waals surface area contributed by atoms with Gasteiger partial charge < -0.3 is 9.64 Å². The van der Waals surface area contributed by atoms with Crippen LogP contribution in [-0.4, -0.2) is 52.0 Å². The van der Waals surface area contributed by atoms with Crippen LogP contribution in [0.15, 0.2) is 53.4 Å². The van der Waals surface area contributed by atoms with Crippen molar-refractivity contribution in [3.8, 4) is 0 Å². The number of esters is 1. The largest absolute Gasteiger partial charge is 0.465 e. The molecule has 138 valence electrons. The number of rotatable bonds is 4. The maximum absolute atomic E-state index is 12.7. The summed E-state index contributed by atoms with van der Waals surface area (Å²) >= 11 is 5.83. The molecule has 1 fully saturated rings. The molecule has 8 heteroatoms. The van der Waals surface area contributed by atoms with Gasteiger partial charge in [0.05, 0.1) is 17.6 Å². The van der Waals surface area contributed by atoms with Crippen LogP contribution in [0.3, 0.4) is 0 Å². The standard InChI is InChI=1S/C18H19ClN2O4S/c1-25-18(22)14-2-6-16(7-3-14)20-10-12-21(13-11-20)26(23,24)17-8-4-15(19)5-9-17/h2-9H,10-13H2,1H3. The number of nitrogens with zero attached hydrogens (tertiary/aromatic N) is 2. The Hall–Kier alpha value is -2.09. The molecule has 2 aromatic carbocycles. The van der Waals surface area contributed by atoms with E-state index in [4.69, 9.17) is 11.6 Å². The first kappa shape index (κ1) is 18.7. The number of benzene rings is 2. The Morgan fingerprint density at radius 3 is 2.08 bits per heavy atom. The molecule has 0 aromatic heterocycles. The molecule has 6 nitrogen and oxygen atoms in total. The predicted molar refractivity (Wildman–Crippen MR) is 100 cm³/mol. The number of sulfonamides is 1. The van der Waals surface area contributed by atoms with E-state index in [0.29, 0.717) is 36.8 Å². The van der Waals surface area contributed by atoms with Gasteiger partial charge in [0.15, 0.2) is 0 Å². The molecule has 0 N–H and O–H groups in total. The van der Waals surface area contributed by atoms with Crippen LogP contribution in [0.1, 0.15) is 10.4 Å². The molecule has 0 unspecified atom stereocenters. The van der Waals surface area contributed by atoms with Crippen molar-refractivity contribution in [2.45, 2.75) is 4.90 Å². The van der Waals surface area contributed by atoms with Crippen molar-refractivity contribution in [3.05, 3.63) is 59.1 Å². The minimum atomic E-state index is -3.52. The van der Waals surface area contributed by atoms with Gasteiger partial charge in [-0.2, -0.15) is 4.31 Å². The molecule has 0 aliphatic carbocycles. The summed E-state index contributed by atoms with van der Waals surface area (Å²) < 4.78 is 31.6. The monoisotopic (exact) mass is 394 g/mol. The minimum absolute atomic E-state index is 0.248. The second kappa shape index (κ2) is 7.65. The fourth-order valence-corrected chi connectivity index (χ4v) is 4.42. The van der Waals surface area contributed by atoms with E-state index in [0.717, 1.165) is 5.69 Å². The molecule has 1 heterocycles. The van der Waals surface area contributed by atoms with Crippen LogP contribution in [0.2, 0.25) is 5.02 Å². The molecule has 1 saturated heterocycles. The van der Waals surface area contributed by atoms with Gasteiger partial charge in [-0.3, -0.25) is 0 Å². The van der Waals surface area contributed by atoms with E-state index < -0.39 is 10.0 Å². The average molecular weight is 395 g/mol. The van der Waals surface area contributed by atoms with Crippen LogP contribution in [0.25, 0.3) is 0 Å². The molecule has 0 amide bonds. The maximum Gasteiger partial charge on any atom is 0.337 e. The lowest BCUT2D eigenvalue weighted by Gasteiger charge is -2.35. The topological polar surface area (TPSA) is 66.9 Å². The quantitative estimate of drug-likeness (QED) is 0.746. The number of piperazine rings is 1. The Balaban J connectivity index is 1.67. The predicted octanol–water partition coefficient (Wildman–Crippen LogP) is 2.64. The highest BCUT2D eigenvalue weighted by Gasteiger charge is 2.28. The van der Waals surface area contributed by atoms with Crippen LogP contribution in [-0.2, 0) is 14.8 Å². The van der Waals surface area contributed by atoms with Crippen molar-refractivity contribution >= 4 is 33.3 Å². The number of ether oxygens (including phenoxy) is 1. The van der Waals surface area contributed by atoms with Crippen LogP contribution in [0.5, 0.6) is 0 Å². The molecular formula is C18H19ClN2O4S. The second-order valence-electron chi connectivity index (χ2n) is 5.88. The van der Waals surface area contributed by atoms with Crippen molar-refractivity contribution in [1.82, 2.24) is 4.31 Å². The number of anilines is 1. The van der Waals surface area contributed by atoms with E-state index in [1.165, 1.54) is 23.5 Å². The highest BCUT2D eigenvalue weighted by atomic mass is 35.5. The zero-order chi connectivity index (χ0) is 18.7. The third kappa shape index (κ3) is 3.85. The van der Waals surface area contributed by atoms with E-state index in [2.05, 4.69) is 9.64 Å². The van der Waals surface area contributed by atoms with Crippen molar-refractivity contribution in [2.24, 2.45) is 0 Å². The van der Waals surface area contributed by atoms with Crippen LogP contribution >= 0.6 is 11.6 Å². The molecule has 0 saturated carbocycles. The smallest absolute Gasteiger partial charge is 0.337 e. The lowest BCUT2D eigenvalue weighted by molar-refractivity contribution is 0.0600. The molecule has 2 aromatic rings. The van der Waals surface area contributed by atoms with E-state index in [1.54, 1.807) is 24.3 Å². The zero-order valence-corrected chi connectivity index (χ0v) is 15.8. The number of carbonyl (C=O) groups is 1. The Kier molecular flexibility index (Phi) is 5.50. The summed E-state index contributed by atoms with van der Waals surface area (Å²) in [7, 11) is -2.18. The van der Waals surface area contributed by atoms with E-state index >= 15 is 0 Å². The van der Waals surface area contributed by atoms with Gasteiger partial charge in [0.25, 0.3) is 0 Å². The van der Waals surface area contributed by atoms with Crippen LogP contribution in [0.4, 0.5) is 5.69 Å². The third-order valence-electron chi connectivity index (χ3n) is 4.34. The lowest BCUT2D eigenvalue weighted by atomic mass is 10.2. The molecule has 0 radical (unpaired) electrons. The lowest BCUT2D eigenvalue weighted by Crippen LogP contribution is -2.48. The average Bonchev–Trinajstić information content (AvgIpc) is 2.68. The van der Waals surface area contributed by atoms with E-state index in [1.807, 2.05) is 12.1 Å². The highest BCUT2D eigenvalue weighted by molar-refractivity contribution is 7.89. The molecule has 1 aliphatic rings. The van der Waals surface area contributed by atoms with E-state index in [9.17, 15) is 13.2 Å². The minimum Gasteiger partial charge on any atom is -0.465 e. The van der Waals surface area contributed by atoms with Gasteiger partial charge in [-0.05, 0) is 48.5 Å². The summed E-state index contributed by atoms with van der Waals surface area (Å²) in [6.45, 7) is 1.93. The van der Waals surface area contributed by atoms with Crippen LogP contribution in [0, 0.1) is 0 Å². The number of carbonyl (C=O) groups excluding carboxylic acids is 1. The molecule has 0 spiro atoms. The summed E-state index contributed by atoms with van der Waals surface area (Å²) in [6.07, 6.45) is 0. The summed E-state index contributed by atoms with van der Waals surface area (Å²) in [5.74, 6) is -0.379. The molecular weight excluding hydrogens is 376 g/mol. The number of hydrogen-bond acceptors (Lipinski definition) is 5. The SMILES string of the molecule is COC(=O)c1ccc(N2CCN(S(=O)(=O)c3ccc(Cl)cc3)CC2)cc1. The molecule has 26 heavy (non-hydrogen) atoms. The normalized spacial score (nSPS) is 15.7. The third-order valence-corrected chi connectivity index (χ3v) is 6.51. The van der Waals surface area contributed by atoms with Crippen molar-refractivity contribution in [2.75, 3.05) is 38.2 Å². The fourth-order valence-electron chi connectivity index (χ4n) is 2.87. The van der Waals surface area contributed by atoms with Gasteiger partial charge in [0, 0.05) is 36.9 Å². The van der Waals surface area contributed by atoms with Gasteiger partial charge in [-0.15, -0.1) is 0 Å². The molecule has 1 aliphatic heterocycles. The summed E-state index contributed by atoms with van der Waals surface area (Å²) in [4.78, 5) is 13.8. The Labute approximate surface area is 158 Å². The molecule has 3 rings (SSSR count). The van der Waals surface area contributed by atoms with Gasteiger partial charge >= 0.3 is 5.97 Å². The maximum atomic E-state index is 12.7. The number of halogens is 1. The van der Waals surface area contributed by atoms with Gasteiger partial charge in [0.1, 0.15) is 0 Å². The first-order valence-corrected chi connectivity index (χ1v) is 9.92. The zero-order valence-electron chi connectivity index (χ0n) is 14.3. The number of hydrogen-bond donors (Lipinski definition) is 0. The van der Waals surface area contributed by atoms with Gasteiger partial charge in [-0.1, -0.05) is 11.6 Å². The first-order chi connectivity index (χ1) is 12.4. The van der Waals surface area contributed by atoms with Crippen molar-refractivity contribution in [3.63, 3.8) is 0 Å². The van der Waals surface area contributed by atoms with Crippen molar-refractivity contribution < 1.29 is 17.9 Å². The summed E-state index contributed by atoms with van der Waals surface area (Å²) in [5.41, 5.74) is 1.43. The second-order valence-corrected chi connectivity index (χ2v) is 8.26. The van der Waals surface area contributed by atoms with Gasteiger partial charge in [-0.25, -0.2) is 13.2 Å². The molecule has 0 atom stereocenters. The summed E-state index contributed by atoms with van der Waals surface area (Å²) in [5, 5.41) is 0.504.